The van der Waals surface area contributed by atoms with E-state index in [0.717, 1.165) is 32.1 Å². The summed E-state index contributed by atoms with van der Waals surface area (Å²) in [7, 11) is 0. The Labute approximate surface area is 236 Å². The Hall–Kier alpha value is -3.18. The number of ether oxygens (including phenoxy) is 1. The highest BCUT2D eigenvalue weighted by Gasteiger charge is 2.42. The van der Waals surface area contributed by atoms with Crippen molar-refractivity contribution in [3.63, 3.8) is 0 Å². The third-order valence-corrected chi connectivity index (χ3v) is 7.29. The largest absolute Gasteiger partial charge is 0.458 e. The molecule has 1 aliphatic carbocycles. The third kappa shape index (κ3) is 9.19. The van der Waals surface area contributed by atoms with E-state index in [2.05, 4.69) is 16.0 Å². The average Bonchev–Trinajstić information content (AvgIpc) is 3.33. The van der Waals surface area contributed by atoms with Gasteiger partial charge in [0.1, 0.15) is 23.7 Å². The van der Waals surface area contributed by atoms with E-state index in [4.69, 9.17) is 10.5 Å². The van der Waals surface area contributed by atoms with E-state index in [9.17, 15) is 28.8 Å². The number of Topliss-reactive ketones (excluding diaryl/α,β-unsaturated/α-hetero) is 1. The lowest BCUT2D eigenvalue weighted by Crippen LogP contribution is -2.60. The molecule has 2 fully saturated rings. The number of amides is 5. The Morgan fingerprint density at radius 2 is 1.45 bits per heavy atom. The van der Waals surface area contributed by atoms with Crippen LogP contribution in [0.1, 0.15) is 93.4 Å². The monoisotopic (exact) mass is 565 g/mol. The molecule has 4 atom stereocenters. The van der Waals surface area contributed by atoms with E-state index in [-0.39, 0.29) is 5.92 Å². The minimum Gasteiger partial charge on any atom is -0.458 e. The van der Waals surface area contributed by atoms with Crippen molar-refractivity contribution in [1.82, 2.24) is 20.9 Å². The van der Waals surface area contributed by atoms with Crippen molar-refractivity contribution in [1.29, 1.82) is 0 Å². The molecule has 0 bridgehead atoms. The molecule has 5 amide bonds. The standard InChI is InChI=1S/C28H47N5O7/c1-16(20(34)22(29)35)30-23(36)18-14-11-15-33(18)24(37)19(17-12-9-8-10-13-17)31-26(39)32-21(27(2,3)4)25(38)40-28(5,6)7/h16-19,21H,8-15H2,1-7H3,(H2,29,35)(H,30,36)(H2,31,32,39)/t16?,18-,19?,21?/m0/s1. The zero-order valence-electron chi connectivity index (χ0n) is 24.9. The van der Waals surface area contributed by atoms with Gasteiger partial charge in [-0.3, -0.25) is 19.2 Å². The average molecular weight is 566 g/mol. The van der Waals surface area contributed by atoms with Gasteiger partial charge in [0.15, 0.2) is 0 Å². The minimum atomic E-state index is -1.15. The van der Waals surface area contributed by atoms with Gasteiger partial charge in [0, 0.05) is 6.54 Å². The highest BCUT2D eigenvalue weighted by atomic mass is 16.6. The maximum atomic E-state index is 13.9. The van der Waals surface area contributed by atoms with Crippen LogP contribution in [0.5, 0.6) is 0 Å². The van der Waals surface area contributed by atoms with Gasteiger partial charge in [-0.15, -0.1) is 0 Å². The van der Waals surface area contributed by atoms with Gasteiger partial charge in [0.05, 0.1) is 6.04 Å². The Kier molecular flexibility index (Phi) is 11.1. The van der Waals surface area contributed by atoms with Crippen LogP contribution < -0.4 is 21.7 Å². The van der Waals surface area contributed by atoms with Crippen LogP contribution in [0, 0.1) is 11.3 Å². The number of nitrogens with two attached hydrogens (primary N) is 1. The van der Waals surface area contributed by atoms with Crippen molar-refractivity contribution >= 4 is 35.5 Å². The summed E-state index contributed by atoms with van der Waals surface area (Å²) in [5.41, 5.74) is 3.63. The maximum Gasteiger partial charge on any atom is 0.329 e. The van der Waals surface area contributed by atoms with Gasteiger partial charge in [-0.25, -0.2) is 9.59 Å². The molecular weight excluding hydrogens is 518 g/mol. The number of nitrogens with zero attached hydrogens (tertiary/aromatic N) is 1. The second-order valence-corrected chi connectivity index (χ2v) is 13.0. The lowest BCUT2D eigenvalue weighted by atomic mass is 9.83. The van der Waals surface area contributed by atoms with Gasteiger partial charge in [0.2, 0.25) is 17.6 Å². The van der Waals surface area contributed by atoms with E-state index >= 15 is 0 Å². The van der Waals surface area contributed by atoms with E-state index in [1.165, 1.54) is 11.8 Å². The highest BCUT2D eigenvalue weighted by molar-refractivity contribution is 6.37. The first kappa shape index (κ1) is 33.0. The first-order chi connectivity index (χ1) is 18.4. The van der Waals surface area contributed by atoms with Crippen LogP contribution in [-0.4, -0.2) is 76.7 Å². The maximum absolute atomic E-state index is 13.9. The van der Waals surface area contributed by atoms with E-state index in [1.54, 1.807) is 20.8 Å². The van der Waals surface area contributed by atoms with Gasteiger partial charge in [-0.1, -0.05) is 40.0 Å². The molecule has 0 aromatic rings. The Morgan fingerprint density at radius 3 is 1.98 bits per heavy atom. The number of nitrogens with one attached hydrogen (secondary N) is 3. The molecule has 12 nitrogen and oxygen atoms in total. The third-order valence-electron chi connectivity index (χ3n) is 7.29. The number of urea groups is 1. The second kappa shape index (κ2) is 13.5. The van der Waals surface area contributed by atoms with Crippen molar-refractivity contribution in [3.8, 4) is 0 Å². The fraction of sp³-hybridized carbons (Fsp3) is 0.786. The number of carbonyl (C=O) groups is 6. The second-order valence-electron chi connectivity index (χ2n) is 13.0. The summed E-state index contributed by atoms with van der Waals surface area (Å²) in [5.74, 6) is -3.75. The van der Waals surface area contributed by atoms with E-state index in [0.29, 0.717) is 19.4 Å². The molecule has 0 aromatic carbocycles. The molecule has 12 heteroatoms. The fourth-order valence-electron chi connectivity index (χ4n) is 5.22. The van der Waals surface area contributed by atoms with Crippen molar-refractivity contribution < 1.29 is 33.5 Å². The van der Waals surface area contributed by atoms with Crippen LogP contribution in [0.3, 0.4) is 0 Å². The van der Waals surface area contributed by atoms with Crippen molar-refractivity contribution in [2.75, 3.05) is 6.54 Å². The summed E-state index contributed by atoms with van der Waals surface area (Å²) < 4.78 is 5.53. The summed E-state index contributed by atoms with van der Waals surface area (Å²) in [6.45, 7) is 12.3. The molecule has 5 N–H and O–H groups in total. The number of esters is 1. The molecule has 226 valence electrons. The first-order valence-corrected chi connectivity index (χ1v) is 14.2. The van der Waals surface area contributed by atoms with Crippen LogP contribution in [0.15, 0.2) is 0 Å². The smallest absolute Gasteiger partial charge is 0.329 e. The van der Waals surface area contributed by atoms with Gasteiger partial charge < -0.3 is 31.3 Å². The predicted octanol–water partition coefficient (Wildman–Crippen LogP) is 1.54. The van der Waals surface area contributed by atoms with Gasteiger partial charge in [-0.2, -0.15) is 0 Å². The number of likely N-dealkylation sites (tertiary alicyclic amines) is 1. The first-order valence-electron chi connectivity index (χ1n) is 14.2. The summed E-state index contributed by atoms with van der Waals surface area (Å²) in [5, 5.41) is 8.03. The van der Waals surface area contributed by atoms with Crippen molar-refractivity contribution in [2.45, 2.75) is 123 Å². The summed E-state index contributed by atoms with van der Waals surface area (Å²) in [6, 6.07) is -4.52. The van der Waals surface area contributed by atoms with E-state index < -0.39 is 70.7 Å². The van der Waals surface area contributed by atoms with E-state index in [1.807, 2.05) is 20.8 Å². The van der Waals surface area contributed by atoms with Crippen molar-refractivity contribution in [3.05, 3.63) is 0 Å². The quantitative estimate of drug-likeness (QED) is 0.242. The SMILES string of the molecule is CC(NC(=O)[C@@H]1CCCN1C(=O)C(NC(=O)NC(C(=O)OC(C)(C)C)C(C)(C)C)C1CCCCC1)C(=O)C(N)=O. The predicted molar refractivity (Wildman–Crippen MR) is 148 cm³/mol. The summed E-state index contributed by atoms with van der Waals surface area (Å²) in [6.07, 6.45) is 5.28. The zero-order valence-corrected chi connectivity index (χ0v) is 24.9. The number of hydrogen-bond donors (Lipinski definition) is 4. The molecule has 2 rings (SSSR count). The number of ketones is 1. The molecule has 0 spiro atoms. The Bertz CT molecular complexity index is 979. The number of primary amides is 1. The molecule has 1 aliphatic heterocycles. The summed E-state index contributed by atoms with van der Waals surface area (Å²) in [4.78, 5) is 77.6. The van der Waals surface area contributed by atoms with Gasteiger partial charge >= 0.3 is 12.0 Å². The van der Waals surface area contributed by atoms with Crippen LogP contribution >= 0.6 is 0 Å². The number of hydrogen-bond acceptors (Lipinski definition) is 7. The van der Waals surface area contributed by atoms with Crippen LogP contribution in [0.25, 0.3) is 0 Å². The van der Waals surface area contributed by atoms with Crippen LogP contribution in [-0.2, 0) is 28.7 Å². The minimum absolute atomic E-state index is 0.138. The zero-order chi connectivity index (χ0) is 30.4. The highest BCUT2D eigenvalue weighted by Crippen LogP contribution is 2.30. The fourth-order valence-corrected chi connectivity index (χ4v) is 5.22. The van der Waals surface area contributed by atoms with Crippen molar-refractivity contribution in [2.24, 2.45) is 17.1 Å². The number of carbonyl (C=O) groups excluding carboxylic acids is 6. The molecule has 2 aliphatic rings. The van der Waals surface area contributed by atoms with Crippen LogP contribution in [0.4, 0.5) is 4.79 Å². The summed E-state index contributed by atoms with van der Waals surface area (Å²) >= 11 is 0. The Morgan fingerprint density at radius 1 is 0.850 bits per heavy atom. The Balaban J connectivity index is 2.23. The van der Waals surface area contributed by atoms with Gasteiger partial charge in [-0.05, 0) is 64.7 Å². The molecule has 0 radical (unpaired) electrons. The molecule has 1 saturated heterocycles. The normalized spacial score (nSPS) is 20.6. The lowest BCUT2D eigenvalue weighted by molar-refractivity contribution is -0.160. The van der Waals surface area contributed by atoms with Gasteiger partial charge in [0.25, 0.3) is 5.91 Å². The molecular formula is C28H47N5O7. The topological polar surface area (TPSA) is 177 Å². The molecule has 40 heavy (non-hydrogen) atoms. The number of rotatable bonds is 9. The molecule has 1 saturated carbocycles. The molecule has 1 heterocycles. The lowest BCUT2D eigenvalue weighted by Gasteiger charge is -2.36. The van der Waals surface area contributed by atoms with Crippen LogP contribution in [0.2, 0.25) is 0 Å². The molecule has 3 unspecified atom stereocenters. The molecule has 0 aromatic heterocycles.